The second-order valence-electron chi connectivity index (χ2n) is 10.5. The van der Waals surface area contributed by atoms with Crippen molar-refractivity contribution < 1.29 is 0 Å². The summed E-state index contributed by atoms with van der Waals surface area (Å²) in [4.78, 5) is 2.62. The van der Waals surface area contributed by atoms with Crippen molar-refractivity contribution in [3.8, 4) is 0 Å². The van der Waals surface area contributed by atoms with Crippen molar-refractivity contribution in [2.75, 3.05) is 4.90 Å². The smallest absolute Gasteiger partial charge is 0.106 e. The Bertz CT molecular complexity index is 1610. The second-order valence-corrected chi connectivity index (χ2v) is 10.5. The largest absolute Gasteiger partial charge is 0.325 e. The summed E-state index contributed by atoms with van der Waals surface area (Å²) in [6.07, 6.45) is 0. The zero-order valence-electron chi connectivity index (χ0n) is 22.8. The van der Waals surface area contributed by atoms with Crippen molar-refractivity contribution in [3.63, 3.8) is 0 Å². The Balaban J connectivity index is 1.71. The molecule has 0 bridgehead atoms. The molecule has 1 aliphatic rings. The van der Waals surface area contributed by atoms with Crippen LogP contribution >= 0.6 is 0 Å². The lowest BCUT2D eigenvalue weighted by molar-refractivity contribution is 0.503. The Morgan fingerprint density at radius 3 is 1.27 bits per heavy atom. The van der Waals surface area contributed by atoms with E-state index in [1.165, 1.54) is 39.1 Å². The minimum Gasteiger partial charge on any atom is -0.325 e. The van der Waals surface area contributed by atoms with E-state index >= 15 is 0 Å². The van der Waals surface area contributed by atoms with Crippen LogP contribution in [0.3, 0.4) is 0 Å². The first kappa shape index (κ1) is 24.9. The van der Waals surface area contributed by atoms with Crippen molar-refractivity contribution in [3.05, 3.63) is 210 Å². The van der Waals surface area contributed by atoms with E-state index in [0.717, 1.165) is 5.69 Å². The van der Waals surface area contributed by atoms with Gasteiger partial charge in [0, 0.05) is 11.6 Å². The molecule has 6 aromatic rings. The molecule has 0 N–H and O–H groups in total. The number of nitrogens with zero attached hydrogens (tertiary/aromatic N) is 1. The Hall–Kier alpha value is -5.14. The summed E-state index contributed by atoms with van der Waals surface area (Å²) >= 11 is 0. The molecule has 41 heavy (non-hydrogen) atoms. The average molecular weight is 526 g/mol. The van der Waals surface area contributed by atoms with Crippen molar-refractivity contribution in [1.82, 2.24) is 0 Å². The molecule has 0 aromatic heterocycles. The Labute approximate surface area is 242 Å². The van der Waals surface area contributed by atoms with E-state index in [2.05, 4.69) is 187 Å². The maximum Gasteiger partial charge on any atom is 0.106 e. The van der Waals surface area contributed by atoms with Crippen LogP contribution in [0.1, 0.15) is 33.7 Å². The lowest BCUT2D eigenvalue weighted by Gasteiger charge is -2.46. The minimum atomic E-state index is -0.568. The van der Waals surface area contributed by atoms with Crippen LogP contribution in [0.15, 0.2) is 182 Å². The van der Waals surface area contributed by atoms with Gasteiger partial charge in [-0.2, -0.15) is 0 Å². The molecule has 7 rings (SSSR count). The molecule has 0 saturated carbocycles. The van der Waals surface area contributed by atoms with Gasteiger partial charge in [0.25, 0.3) is 0 Å². The highest BCUT2D eigenvalue weighted by atomic mass is 15.3. The van der Waals surface area contributed by atoms with Crippen LogP contribution in [0, 0.1) is 0 Å². The molecular formula is C40H31N. The number of rotatable bonds is 6. The molecule has 1 heterocycles. The van der Waals surface area contributed by atoms with Crippen LogP contribution < -0.4 is 4.90 Å². The first-order chi connectivity index (χ1) is 20.4. The van der Waals surface area contributed by atoms with Gasteiger partial charge in [-0.1, -0.05) is 170 Å². The fraction of sp³-hybridized carbons (Fsp3) is 0.0500. The van der Waals surface area contributed by atoms with Crippen LogP contribution in [0.4, 0.5) is 5.69 Å². The third-order valence-corrected chi connectivity index (χ3v) is 8.24. The average Bonchev–Trinajstić information content (AvgIpc) is 3.40. The molecule has 0 amide bonds. The lowest BCUT2D eigenvalue weighted by Crippen LogP contribution is -2.46. The molecule has 1 nitrogen and oxygen atoms in total. The molecule has 1 aliphatic heterocycles. The van der Waals surface area contributed by atoms with Gasteiger partial charge < -0.3 is 4.90 Å². The topological polar surface area (TPSA) is 3.24 Å². The van der Waals surface area contributed by atoms with Crippen LogP contribution in [-0.2, 0) is 5.54 Å². The zero-order chi connectivity index (χ0) is 27.5. The van der Waals surface area contributed by atoms with Gasteiger partial charge in [0.15, 0.2) is 0 Å². The monoisotopic (exact) mass is 525 g/mol. The summed E-state index contributed by atoms with van der Waals surface area (Å²) in [5.41, 5.74) is 9.36. The summed E-state index contributed by atoms with van der Waals surface area (Å²) in [5, 5.41) is 0. The highest BCUT2D eigenvalue weighted by Crippen LogP contribution is 2.63. The van der Waals surface area contributed by atoms with Crippen molar-refractivity contribution >= 4 is 17.0 Å². The third-order valence-electron chi connectivity index (χ3n) is 8.24. The minimum absolute atomic E-state index is 0.00804. The first-order valence-electron chi connectivity index (χ1n) is 14.3. The number of hydrogen-bond donors (Lipinski definition) is 0. The number of anilines is 1. The molecule has 196 valence electrons. The van der Waals surface area contributed by atoms with Crippen molar-refractivity contribution in [2.45, 2.75) is 11.5 Å². The van der Waals surface area contributed by atoms with E-state index in [-0.39, 0.29) is 5.92 Å². The molecule has 1 atom stereocenters. The molecule has 6 aromatic carbocycles. The SMILES string of the molecule is c1ccc(C2=C(c3ccccc3)N(c3ccccc3)C(c3ccccc3)(c3ccccc3)C2c2ccccc2)cc1. The van der Waals surface area contributed by atoms with E-state index in [4.69, 9.17) is 0 Å². The highest BCUT2D eigenvalue weighted by Gasteiger charge is 2.56. The van der Waals surface area contributed by atoms with E-state index < -0.39 is 5.54 Å². The summed E-state index contributed by atoms with van der Waals surface area (Å²) in [5.74, 6) is -0.00804. The predicted molar refractivity (Wildman–Crippen MR) is 171 cm³/mol. The fourth-order valence-corrected chi connectivity index (χ4v) is 6.68. The highest BCUT2D eigenvalue weighted by molar-refractivity contribution is 6.06. The van der Waals surface area contributed by atoms with Crippen LogP contribution in [-0.4, -0.2) is 0 Å². The van der Waals surface area contributed by atoms with Crippen LogP contribution in [0.2, 0.25) is 0 Å². The number of benzene rings is 6. The van der Waals surface area contributed by atoms with Gasteiger partial charge >= 0.3 is 0 Å². The van der Waals surface area contributed by atoms with Crippen molar-refractivity contribution in [2.24, 2.45) is 0 Å². The van der Waals surface area contributed by atoms with Crippen molar-refractivity contribution in [1.29, 1.82) is 0 Å². The van der Waals surface area contributed by atoms with Gasteiger partial charge in [-0.15, -0.1) is 0 Å². The quantitative estimate of drug-likeness (QED) is 0.209. The maximum absolute atomic E-state index is 2.62. The Morgan fingerprint density at radius 1 is 0.390 bits per heavy atom. The third kappa shape index (κ3) is 4.18. The predicted octanol–water partition coefficient (Wildman–Crippen LogP) is 9.80. The maximum atomic E-state index is 2.62. The van der Waals surface area contributed by atoms with Gasteiger partial charge in [-0.05, 0) is 45.5 Å². The molecular weight excluding hydrogens is 494 g/mol. The molecule has 0 radical (unpaired) electrons. The molecule has 0 aliphatic carbocycles. The normalized spacial score (nSPS) is 16.1. The van der Waals surface area contributed by atoms with Gasteiger partial charge in [0.2, 0.25) is 0 Å². The molecule has 1 heteroatoms. The van der Waals surface area contributed by atoms with Gasteiger partial charge in [0.1, 0.15) is 5.54 Å². The summed E-state index contributed by atoms with van der Waals surface area (Å²) in [6.45, 7) is 0. The van der Waals surface area contributed by atoms with Crippen LogP contribution in [0.25, 0.3) is 11.3 Å². The molecule has 0 saturated heterocycles. The first-order valence-corrected chi connectivity index (χ1v) is 14.3. The Morgan fingerprint density at radius 2 is 0.780 bits per heavy atom. The zero-order valence-corrected chi connectivity index (χ0v) is 22.8. The fourth-order valence-electron chi connectivity index (χ4n) is 6.68. The van der Waals surface area contributed by atoms with Gasteiger partial charge in [-0.25, -0.2) is 0 Å². The van der Waals surface area contributed by atoms with Gasteiger partial charge in [-0.3, -0.25) is 0 Å². The molecule has 1 unspecified atom stereocenters. The van der Waals surface area contributed by atoms with Gasteiger partial charge in [0.05, 0.1) is 5.70 Å². The van der Waals surface area contributed by atoms with E-state index in [0.29, 0.717) is 0 Å². The van der Waals surface area contributed by atoms with Crippen LogP contribution in [0.5, 0.6) is 0 Å². The summed E-state index contributed by atoms with van der Waals surface area (Å²) in [7, 11) is 0. The number of hydrogen-bond acceptors (Lipinski definition) is 1. The van der Waals surface area contributed by atoms with E-state index in [1.807, 2.05) is 0 Å². The Kier molecular flexibility index (Phi) is 6.55. The molecule has 0 fully saturated rings. The van der Waals surface area contributed by atoms with E-state index in [1.54, 1.807) is 0 Å². The van der Waals surface area contributed by atoms with E-state index in [9.17, 15) is 0 Å². The molecule has 0 spiro atoms. The lowest BCUT2D eigenvalue weighted by atomic mass is 9.67. The second kappa shape index (κ2) is 10.8. The number of para-hydroxylation sites is 1. The summed E-state index contributed by atoms with van der Waals surface area (Å²) in [6, 6.07) is 66.0. The standard InChI is InChI=1S/C40H31N/c1-7-19-31(20-8-1)37-38(32-21-9-2-10-22-32)40(34-25-13-4-14-26-34,35-27-15-5-16-28-35)41(36-29-17-6-18-30-36)39(37)33-23-11-3-12-24-33/h1-30,38H. The summed E-state index contributed by atoms with van der Waals surface area (Å²) < 4.78 is 0.